The van der Waals surface area contributed by atoms with Crippen LogP contribution >= 0.6 is 0 Å². The van der Waals surface area contributed by atoms with Crippen LogP contribution in [-0.4, -0.2) is 34.9 Å². The zero-order valence-electron chi connectivity index (χ0n) is 22.1. The van der Waals surface area contributed by atoms with Crippen LogP contribution in [0.5, 0.6) is 11.5 Å². The first-order chi connectivity index (χ1) is 19.6. The summed E-state index contributed by atoms with van der Waals surface area (Å²) >= 11 is 0. The van der Waals surface area contributed by atoms with Gasteiger partial charge in [-0.15, -0.1) is 0 Å². The fourth-order valence-corrected chi connectivity index (χ4v) is 5.62. The van der Waals surface area contributed by atoms with E-state index in [-0.39, 0.29) is 41.4 Å². The number of hydrogen-bond acceptors (Lipinski definition) is 6. The lowest BCUT2D eigenvalue weighted by Gasteiger charge is -2.21. The van der Waals surface area contributed by atoms with Crippen LogP contribution in [0.25, 0.3) is 22.5 Å². The SMILES string of the molecule is COC(=O)CC1COc2cc(OC3CCc4c(-c5ccc(-c6n[nH]c(C)n6)cc5)c(C(F)(F)F)cc(F)c43)ccc21. The average molecular weight is 568 g/mol. The Morgan fingerprint density at radius 2 is 1.88 bits per heavy atom. The number of rotatable bonds is 6. The van der Waals surface area contributed by atoms with Gasteiger partial charge in [-0.25, -0.2) is 9.37 Å². The van der Waals surface area contributed by atoms with E-state index in [9.17, 15) is 18.0 Å². The molecule has 4 aromatic rings. The summed E-state index contributed by atoms with van der Waals surface area (Å²) in [5, 5.41) is 6.84. The van der Waals surface area contributed by atoms with Crippen molar-refractivity contribution in [1.29, 1.82) is 0 Å². The minimum absolute atomic E-state index is 0.0549. The van der Waals surface area contributed by atoms with Crippen molar-refractivity contribution in [3.05, 3.63) is 82.4 Å². The first-order valence-electron chi connectivity index (χ1n) is 13.0. The normalized spacial score (nSPS) is 17.6. The third-order valence-corrected chi connectivity index (χ3v) is 7.52. The van der Waals surface area contributed by atoms with Crippen LogP contribution in [-0.2, 0) is 22.1 Å². The molecular weight excluding hydrogens is 542 g/mol. The molecule has 2 aliphatic rings. The Morgan fingerprint density at radius 1 is 1.12 bits per heavy atom. The van der Waals surface area contributed by atoms with Gasteiger partial charge in [0, 0.05) is 28.7 Å². The minimum Gasteiger partial charge on any atom is -0.492 e. The highest BCUT2D eigenvalue weighted by molar-refractivity contribution is 5.76. The van der Waals surface area contributed by atoms with Crippen molar-refractivity contribution in [3.8, 4) is 34.0 Å². The molecule has 2 unspecified atom stereocenters. The summed E-state index contributed by atoms with van der Waals surface area (Å²) in [5.41, 5.74) is 1.10. The van der Waals surface area contributed by atoms with Crippen LogP contribution in [0, 0.1) is 12.7 Å². The van der Waals surface area contributed by atoms with E-state index in [1.54, 1.807) is 49.4 Å². The molecule has 1 N–H and O–H groups in total. The molecule has 0 spiro atoms. The number of H-pyrrole nitrogens is 1. The second-order valence-electron chi connectivity index (χ2n) is 10.1. The van der Waals surface area contributed by atoms with E-state index in [1.807, 2.05) is 0 Å². The third kappa shape index (κ3) is 5.00. The zero-order chi connectivity index (χ0) is 28.9. The molecule has 6 rings (SSSR count). The van der Waals surface area contributed by atoms with Gasteiger partial charge in [-0.05, 0) is 48.6 Å². The minimum atomic E-state index is -4.76. The lowest BCUT2D eigenvalue weighted by molar-refractivity contribution is -0.141. The number of methoxy groups -OCH3 is 1. The Morgan fingerprint density at radius 3 is 2.56 bits per heavy atom. The number of carbonyl (C=O) groups is 1. The number of aromatic nitrogens is 3. The first kappa shape index (κ1) is 26.8. The van der Waals surface area contributed by atoms with Gasteiger partial charge in [0.25, 0.3) is 0 Å². The quantitative estimate of drug-likeness (QED) is 0.206. The number of nitrogens with one attached hydrogen (secondary N) is 1. The van der Waals surface area contributed by atoms with Crippen LogP contribution < -0.4 is 9.47 Å². The molecule has 11 heteroatoms. The van der Waals surface area contributed by atoms with Crippen LogP contribution in [0.15, 0.2) is 48.5 Å². The number of aryl methyl sites for hydroxylation is 1. The van der Waals surface area contributed by atoms with Crippen molar-refractivity contribution >= 4 is 5.97 Å². The molecule has 0 saturated heterocycles. The molecule has 3 aromatic carbocycles. The Balaban J connectivity index is 1.33. The van der Waals surface area contributed by atoms with E-state index >= 15 is 4.39 Å². The maximum absolute atomic E-state index is 15.4. The van der Waals surface area contributed by atoms with Crippen molar-refractivity contribution in [2.75, 3.05) is 13.7 Å². The number of alkyl halides is 3. The number of hydrogen-bond donors (Lipinski definition) is 1. The number of carbonyl (C=O) groups excluding carboxylic acids is 1. The number of aromatic amines is 1. The molecule has 1 aliphatic heterocycles. The summed E-state index contributed by atoms with van der Waals surface area (Å²) in [6.07, 6.45) is -4.86. The number of ether oxygens (including phenoxy) is 3. The number of fused-ring (bicyclic) bond motifs is 2. The second-order valence-corrected chi connectivity index (χ2v) is 10.1. The van der Waals surface area contributed by atoms with Gasteiger partial charge < -0.3 is 14.2 Å². The molecule has 0 saturated carbocycles. The van der Waals surface area contributed by atoms with Gasteiger partial charge in [0.05, 0.1) is 25.7 Å². The molecule has 0 radical (unpaired) electrons. The Kier molecular flexibility index (Phi) is 6.67. The first-order valence-corrected chi connectivity index (χ1v) is 13.0. The molecule has 1 aromatic heterocycles. The molecule has 2 atom stereocenters. The summed E-state index contributed by atoms with van der Waals surface area (Å²) < 4.78 is 74.5. The highest BCUT2D eigenvalue weighted by atomic mass is 19.4. The highest BCUT2D eigenvalue weighted by Crippen LogP contribution is 2.48. The van der Waals surface area contributed by atoms with Crippen molar-refractivity contribution in [2.45, 2.75) is 44.4 Å². The van der Waals surface area contributed by atoms with Crippen LogP contribution in [0.2, 0.25) is 0 Å². The fraction of sp³-hybridized carbons (Fsp3) is 0.300. The number of halogens is 4. The van der Waals surface area contributed by atoms with Crippen molar-refractivity contribution in [2.24, 2.45) is 0 Å². The number of benzene rings is 3. The van der Waals surface area contributed by atoms with E-state index in [0.717, 1.165) is 5.56 Å². The maximum atomic E-state index is 15.4. The Bertz CT molecular complexity index is 1630. The van der Waals surface area contributed by atoms with Gasteiger partial charge in [0.1, 0.15) is 29.2 Å². The van der Waals surface area contributed by atoms with Gasteiger partial charge in [-0.1, -0.05) is 30.3 Å². The summed E-state index contributed by atoms with van der Waals surface area (Å²) in [6.45, 7) is 2.06. The van der Waals surface area contributed by atoms with E-state index in [0.29, 0.717) is 53.4 Å². The summed E-state index contributed by atoms with van der Waals surface area (Å²) in [6, 6.07) is 12.1. The van der Waals surface area contributed by atoms with E-state index in [1.165, 1.54) is 7.11 Å². The summed E-state index contributed by atoms with van der Waals surface area (Å²) in [4.78, 5) is 16.0. The van der Waals surface area contributed by atoms with E-state index in [4.69, 9.17) is 14.2 Å². The predicted molar refractivity (Wildman–Crippen MR) is 140 cm³/mol. The van der Waals surface area contributed by atoms with Gasteiger partial charge in [-0.3, -0.25) is 9.89 Å². The van der Waals surface area contributed by atoms with Crippen molar-refractivity contribution < 1.29 is 36.6 Å². The van der Waals surface area contributed by atoms with Crippen molar-refractivity contribution in [3.63, 3.8) is 0 Å². The van der Waals surface area contributed by atoms with E-state index < -0.39 is 23.7 Å². The molecule has 1 aliphatic carbocycles. The van der Waals surface area contributed by atoms with Crippen LogP contribution in [0.4, 0.5) is 17.6 Å². The molecule has 2 heterocycles. The molecule has 0 amide bonds. The molecule has 0 bridgehead atoms. The maximum Gasteiger partial charge on any atom is 0.417 e. The summed E-state index contributed by atoms with van der Waals surface area (Å²) in [7, 11) is 1.33. The molecular formula is C30H25F4N3O4. The van der Waals surface area contributed by atoms with Crippen LogP contribution in [0.1, 0.15) is 52.9 Å². The monoisotopic (exact) mass is 567 g/mol. The Labute approximate surface area is 232 Å². The van der Waals surface area contributed by atoms with Crippen LogP contribution in [0.3, 0.4) is 0 Å². The lowest BCUT2D eigenvalue weighted by atomic mass is 9.90. The smallest absolute Gasteiger partial charge is 0.417 e. The standard InChI is InChI=1S/C30H25F4N3O4/c1-15-35-29(37-36-15)17-5-3-16(4-6-17)27-21-9-10-24(28(21)23(31)13-22(27)30(32,33)34)41-19-7-8-20-18(11-26(38)39-2)14-40-25(20)12-19/h3-8,12-13,18,24H,9-11,14H2,1-2H3,(H,35,36,37). The van der Waals surface area contributed by atoms with Gasteiger partial charge >= 0.3 is 12.1 Å². The average Bonchev–Trinajstić information content (AvgIpc) is 3.67. The number of esters is 1. The second kappa shape index (κ2) is 10.2. The topological polar surface area (TPSA) is 86.3 Å². The van der Waals surface area contributed by atoms with Gasteiger partial charge in [0.2, 0.25) is 0 Å². The Hall–Kier alpha value is -4.41. The van der Waals surface area contributed by atoms with Gasteiger partial charge in [0.15, 0.2) is 5.82 Å². The largest absolute Gasteiger partial charge is 0.492 e. The lowest BCUT2D eigenvalue weighted by Crippen LogP contribution is -2.12. The third-order valence-electron chi connectivity index (χ3n) is 7.52. The molecule has 41 heavy (non-hydrogen) atoms. The number of nitrogens with zero attached hydrogens (tertiary/aromatic N) is 2. The molecule has 7 nitrogen and oxygen atoms in total. The molecule has 0 fully saturated rings. The predicted octanol–water partition coefficient (Wildman–Crippen LogP) is 6.71. The van der Waals surface area contributed by atoms with Gasteiger partial charge in [-0.2, -0.15) is 18.3 Å². The van der Waals surface area contributed by atoms with Crippen molar-refractivity contribution in [1.82, 2.24) is 15.2 Å². The van der Waals surface area contributed by atoms with E-state index in [2.05, 4.69) is 15.2 Å². The zero-order valence-corrected chi connectivity index (χ0v) is 22.1. The summed E-state index contributed by atoms with van der Waals surface area (Å²) in [5.74, 6) is 0.527. The highest BCUT2D eigenvalue weighted by Gasteiger charge is 2.40. The fourth-order valence-electron chi connectivity index (χ4n) is 5.62. The molecule has 212 valence electrons.